The number of rotatable bonds is 6. The van der Waals surface area contributed by atoms with Crippen molar-refractivity contribution in [2.24, 2.45) is 5.92 Å². The smallest absolute Gasteiger partial charge is 0.159 e. The maximum Gasteiger partial charge on any atom is 0.159 e. The highest BCUT2D eigenvalue weighted by molar-refractivity contribution is 5.54. The van der Waals surface area contributed by atoms with Crippen molar-refractivity contribution < 1.29 is 0 Å². The third-order valence-electron chi connectivity index (χ3n) is 4.92. The second kappa shape index (κ2) is 7.74. The van der Waals surface area contributed by atoms with E-state index in [1.54, 1.807) is 0 Å². The highest BCUT2D eigenvalue weighted by Gasteiger charge is 2.21. The van der Waals surface area contributed by atoms with Gasteiger partial charge in [0.15, 0.2) is 5.82 Å². The molecule has 0 saturated carbocycles. The Bertz CT molecular complexity index is 844. The minimum absolute atomic E-state index is 0.610. The largest absolute Gasteiger partial charge is 0.315 e. The predicted octanol–water partition coefficient (Wildman–Crippen LogP) is 2.65. The van der Waals surface area contributed by atoms with Gasteiger partial charge in [-0.15, -0.1) is 10.2 Å². The van der Waals surface area contributed by atoms with Gasteiger partial charge in [-0.2, -0.15) is 0 Å². The maximum absolute atomic E-state index is 4.68. The molecule has 3 aromatic rings. The molecule has 0 aliphatic carbocycles. The van der Waals surface area contributed by atoms with E-state index in [9.17, 15) is 0 Å². The van der Waals surface area contributed by atoms with Crippen LogP contribution in [-0.4, -0.2) is 31.3 Å². The number of fused-ring (bicyclic) bond motifs is 1. The Labute approximate surface area is 153 Å². The van der Waals surface area contributed by atoms with Gasteiger partial charge >= 0.3 is 0 Å². The van der Waals surface area contributed by atoms with E-state index in [-0.39, 0.29) is 0 Å². The SMILES string of the molecule is CCc1nnc2n1CC(CNCc1ccnc(-c3ccccc3)n1)CC2. The van der Waals surface area contributed by atoms with E-state index in [4.69, 9.17) is 0 Å². The second-order valence-corrected chi connectivity index (χ2v) is 6.77. The summed E-state index contributed by atoms with van der Waals surface area (Å²) in [5.74, 6) is 3.64. The molecule has 0 spiro atoms. The molecule has 1 aliphatic heterocycles. The van der Waals surface area contributed by atoms with E-state index in [1.807, 2.05) is 42.6 Å². The van der Waals surface area contributed by atoms with Crippen LogP contribution in [0.15, 0.2) is 42.6 Å². The Morgan fingerprint density at radius 1 is 1.15 bits per heavy atom. The average molecular weight is 348 g/mol. The van der Waals surface area contributed by atoms with Crippen LogP contribution < -0.4 is 5.32 Å². The van der Waals surface area contributed by atoms with Crippen LogP contribution in [0.2, 0.25) is 0 Å². The molecule has 6 heteroatoms. The summed E-state index contributed by atoms with van der Waals surface area (Å²) in [7, 11) is 0. The van der Waals surface area contributed by atoms with Crippen LogP contribution in [0.1, 0.15) is 30.7 Å². The lowest BCUT2D eigenvalue weighted by Gasteiger charge is -2.24. The lowest BCUT2D eigenvalue weighted by Crippen LogP contribution is -2.30. The van der Waals surface area contributed by atoms with Gasteiger partial charge in [0.1, 0.15) is 11.6 Å². The van der Waals surface area contributed by atoms with Crippen LogP contribution in [0.25, 0.3) is 11.4 Å². The summed E-state index contributed by atoms with van der Waals surface area (Å²) < 4.78 is 2.30. The zero-order valence-corrected chi connectivity index (χ0v) is 15.1. The molecule has 0 saturated heterocycles. The molecule has 1 unspecified atom stereocenters. The van der Waals surface area contributed by atoms with E-state index in [0.29, 0.717) is 5.92 Å². The van der Waals surface area contributed by atoms with Crippen molar-refractivity contribution in [3.8, 4) is 11.4 Å². The van der Waals surface area contributed by atoms with Gasteiger partial charge in [-0.3, -0.25) is 0 Å². The van der Waals surface area contributed by atoms with Gasteiger partial charge < -0.3 is 9.88 Å². The summed E-state index contributed by atoms with van der Waals surface area (Å²) in [5, 5.41) is 12.2. The molecule has 134 valence electrons. The van der Waals surface area contributed by atoms with Gasteiger partial charge in [-0.1, -0.05) is 37.3 Å². The van der Waals surface area contributed by atoms with Crippen molar-refractivity contribution >= 4 is 0 Å². The molecule has 3 heterocycles. The van der Waals surface area contributed by atoms with E-state index in [2.05, 4.69) is 37.0 Å². The molecule has 4 rings (SSSR count). The molecule has 0 amide bonds. The van der Waals surface area contributed by atoms with E-state index < -0.39 is 0 Å². The second-order valence-electron chi connectivity index (χ2n) is 6.77. The normalized spacial score (nSPS) is 16.4. The van der Waals surface area contributed by atoms with Crippen LogP contribution in [0.4, 0.5) is 0 Å². The van der Waals surface area contributed by atoms with E-state index in [1.165, 1.54) is 0 Å². The number of hydrogen-bond acceptors (Lipinski definition) is 5. The molecular formula is C20H24N6. The van der Waals surface area contributed by atoms with Crippen LogP contribution in [-0.2, 0) is 25.9 Å². The first-order chi connectivity index (χ1) is 12.8. The summed E-state index contributed by atoms with van der Waals surface area (Å²) in [6, 6.07) is 12.1. The van der Waals surface area contributed by atoms with Crippen molar-refractivity contribution in [1.82, 2.24) is 30.0 Å². The average Bonchev–Trinajstić information content (AvgIpc) is 3.11. The summed E-state index contributed by atoms with van der Waals surface area (Å²) in [4.78, 5) is 9.07. The predicted molar refractivity (Wildman–Crippen MR) is 100 cm³/mol. The summed E-state index contributed by atoms with van der Waals surface area (Å²) >= 11 is 0. The Kier molecular flexibility index (Phi) is 5.02. The summed E-state index contributed by atoms with van der Waals surface area (Å²) in [5.41, 5.74) is 2.07. The molecule has 1 aromatic carbocycles. The van der Waals surface area contributed by atoms with Gasteiger partial charge in [0, 0.05) is 44.2 Å². The number of benzene rings is 1. The molecule has 1 atom stereocenters. The molecular weight excluding hydrogens is 324 g/mol. The van der Waals surface area contributed by atoms with Gasteiger partial charge in [-0.25, -0.2) is 9.97 Å². The third kappa shape index (κ3) is 3.65. The molecule has 26 heavy (non-hydrogen) atoms. The molecule has 6 nitrogen and oxygen atoms in total. The third-order valence-corrected chi connectivity index (χ3v) is 4.92. The molecule has 1 N–H and O–H groups in total. The molecule has 0 bridgehead atoms. The zero-order chi connectivity index (χ0) is 17.8. The molecule has 0 radical (unpaired) electrons. The first-order valence-electron chi connectivity index (χ1n) is 9.32. The summed E-state index contributed by atoms with van der Waals surface area (Å²) in [6.07, 6.45) is 4.96. The first kappa shape index (κ1) is 16.8. The minimum atomic E-state index is 0.610. The fourth-order valence-electron chi connectivity index (χ4n) is 3.50. The van der Waals surface area contributed by atoms with E-state index >= 15 is 0 Å². The lowest BCUT2D eigenvalue weighted by atomic mass is 9.99. The topological polar surface area (TPSA) is 68.5 Å². The maximum atomic E-state index is 4.68. The zero-order valence-electron chi connectivity index (χ0n) is 15.1. The Morgan fingerprint density at radius 2 is 2.04 bits per heavy atom. The summed E-state index contributed by atoms with van der Waals surface area (Å²) in [6.45, 7) is 4.89. The highest BCUT2D eigenvalue weighted by atomic mass is 15.3. The van der Waals surface area contributed by atoms with Crippen LogP contribution >= 0.6 is 0 Å². The van der Waals surface area contributed by atoms with Gasteiger partial charge in [0.25, 0.3) is 0 Å². The Hall–Kier alpha value is -2.60. The van der Waals surface area contributed by atoms with Gasteiger partial charge in [-0.05, 0) is 18.4 Å². The number of nitrogens with one attached hydrogen (secondary N) is 1. The highest BCUT2D eigenvalue weighted by Crippen LogP contribution is 2.20. The van der Waals surface area contributed by atoms with Gasteiger partial charge in [0.2, 0.25) is 0 Å². The monoisotopic (exact) mass is 348 g/mol. The number of hydrogen-bond donors (Lipinski definition) is 1. The van der Waals surface area contributed by atoms with Crippen molar-refractivity contribution in [2.75, 3.05) is 6.54 Å². The fourth-order valence-corrected chi connectivity index (χ4v) is 3.50. The quantitative estimate of drug-likeness (QED) is 0.742. The van der Waals surface area contributed by atoms with Crippen molar-refractivity contribution in [2.45, 2.75) is 39.3 Å². The molecule has 2 aromatic heterocycles. The van der Waals surface area contributed by atoms with Crippen molar-refractivity contribution in [3.05, 3.63) is 59.9 Å². The van der Waals surface area contributed by atoms with Crippen molar-refractivity contribution in [3.63, 3.8) is 0 Å². The van der Waals surface area contributed by atoms with Gasteiger partial charge in [0.05, 0.1) is 5.69 Å². The fraction of sp³-hybridized carbons (Fsp3) is 0.400. The number of aryl methyl sites for hydroxylation is 2. The first-order valence-corrected chi connectivity index (χ1v) is 9.32. The van der Waals surface area contributed by atoms with E-state index in [0.717, 1.165) is 67.6 Å². The number of aromatic nitrogens is 5. The number of nitrogens with zero attached hydrogens (tertiary/aromatic N) is 5. The van der Waals surface area contributed by atoms with Crippen LogP contribution in [0.3, 0.4) is 0 Å². The van der Waals surface area contributed by atoms with Crippen LogP contribution in [0.5, 0.6) is 0 Å². The molecule has 0 fully saturated rings. The standard InChI is InChI=1S/C20H24N6/c1-2-18-24-25-19-9-8-15(14-26(18)19)12-21-13-17-10-11-22-20(23-17)16-6-4-3-5-7-16/h3-7,10-11,15,21H,2,8-9,12-14H2,1H3. The van der Waals surface area contributed by atoms with Crippen LogP contribution in [0, 0.1) is 5.92 Å². The molecule has 1 aliphatic rings. The Morgan fingerprint density at radius 3 is 2.88 bits per heavy atom. The lowest BCUT2D eigenvalue weighted by molar-refractivity contribution is 0.342. The minimum Gasteiger partial charge on any atom is -0.315 e. The van der Waals surface area contributed by atoms with Crippen molar-refractivity contribution in [1.29, 1.82) is 0 Å². The Balaban J connectivity index is 1.34.